The Kier molecular flexibility index (Phi) is 5.22. The van der Waals surface area contributed by atoms with Crippen LogP contribution in [0, 0.1) is 0 Å². The Bertz CT molecular complexity index is 388. The van der Waals surface area contributed by atoms with Crippen molar-refractivity contribution in [3.05, 3.63) is 40.9 Å². The fourth-order valence-electron chi connectivity index (χ4n) is 1.79. The molecule has 0 aliphatic carbocycles. The van der Waals surface area contributed by atoms with Crippen LogP contribution in [-0.2, 0) is 0 Å². The predicted octanol–water partition coefficient (Wildman–Crippen LogP) is 3.90. The third kappa shape index (κ3) is 3.58. The fourth-order valence-corrected chi connectivity index (χ4v) is 2.48. The average Bonchev–Trinajstić information content (AvgIpc) is 2.24. The van der Waals surface area contributed by atoms with E-state index in [1.54, 1.807) is 6.92 Å². The second-order valence-corrected chi connectivity index (χ2v) is 5.27. The van der Waals surface area contributed by atoms with Crippen LogP contribution in [0.25, 0.3) is 0 Å². The lowest BCUT2D eigenvalue weighted by Gasteiger charge is -2.28. The molecule has 94 valence electrons. The number of anilines is 1. The van der Waals surface area contributed by atoms with Crippen LogP contribution < -0.4 is 4.90 Å². The molecule has 1 rings (SSSR count). The Morgan fingerprint density at radius 3 is 2.47 bits per heavy atom. The second kappa shape index (κ2) is 6.22. The van der Waals surface area contributed by atoms with E-state index in [-0.39, 0.29) is 0 Å². The highest BCUT2D eigenvalue weighted by Gasteiger charge is 2.12. The van der Waals surface area contributed by atoms with E-state index in [1.807, 2.05) is 24.3 Å². The van der Waals surface area contributed by atoms with Crippen LogP contribution in [0.3, 0.4) is 0 Å². The molecule has 3 heteroatoms. The van der Waals surface area contributed by atoms with Crippen molar-refractivity contribution in [2.75, 3.05) is 11.4 Å². The zero-order chi connectivity index (χ0) is 13.0. The molecule has 0 spiro atoms. The lowest BCUT2D eigenvalue weighted by Crippen LogP contribution is -2.30. The first-order valence-corrected chi connectivity index (χ1v) is 6.61. The summed E-state index contributed by atoms with van der Waals surface area (Å²) in [5.74, 6) is 0. The van der Waals surface area contributed by atoms with Crippen molar-refractivity contribution in [1.29, 1.82) is 0 Å². The van der Waals surface area contributed by atoms with Crippen LogP contribution in [0.2, 0.25) is 0 Å². The normalized spacial score (nSPS) is 12.6. The van der Waals surface area contributed by atoms with Crippen LogP contribution in [0.1, 0.15) is 32.4 Å². The summed E-state index contributed by atoms with van der Waals surface area (Å²) in [6.07, 6.45) is 1.45. The number of benzene rings is 1. The summed E-state index contributed by atoms with van der Waals surface area (Å²) in [7, 11) is 0. The van der Waals surface area contributed by atoms with Crippen molar-refractivity contribution in [2.45, 2.75) is 32.9 Å². The maximum absolute atomic E-state index is 9.59. The maximum atomic E-state index is 9.59. The lowest BCUT2D eigenvalue weighted by molar-refractivity contribution is 0.198. The summed E-state index contributed by atoms with van der Waals surface area (Å²) in [5.41, 5.74) is 2.05. The van der Waals surface area contributed by atoms with Gasteiger partial charge in [-0.3, -0.25) is 0 Å². The minimum absolute atomic E-state index is 0.414. The Morgan fingerprint density at radius 2 is 2.06 bits per heavy atom. The van der Waals surface area contributed by atoms with Crippen molar-refractivity contribution in [2.24, 2.45) is 0 Å². The van der Waals surface area contributed by atoms with Gasteiger partial charge in [-0.25, -0.2) is 0 Å². The number of hydrogen-bond donors (Lipinski definition) is 1. The van der Waals surface area contributed by atoms with Gasteiger partial charge in [0.15, 0.2) is 0 Å². The lowest BCUT2D eigenvalue weighted by atomic mass is 10.1. The Hall–Kier alpha value is -0.800. The second-order valence-electron chi connectivity index (χ2n) is 4.42. The summed E-state index contributed by atoms with van der Waals surface area (Å²) in [6, 6.07) is 6.46. The number of hydrogen-bond acceptors (Lipinski definition) is 2. The fraction of sp³-hybridized carbons (Fsp3) is 0.429. The van der Waals surface area contributed by atoms with E-state index in [9.17, 15) is 5.11 Å². The number of rotatable bonds is 5. The summed E-state index contributed by atoms with van der Waals surface area (Å²) >= 11 is 3.50. The smallest absolute Gasteiger partial charge is 0.0772 e. The van der Waals surface area contributed by atoms with E-state index in [0.29, 0.717) is 6.04 Å². The van der Waals surface area contributed by atoms with Crippen LogP contribution in [0.15, 0.2) is 35.3 Å². The highest BCUT2D eigenvalue weighted by molar-refractivity contribution is 9.10. The standard InChI is InChI=1S/C14H20BrNO/c1-5-8-16(10(2)3)12-6-7-13(11(4)17)14(15)9-12/h5-7,9-11,17H,1,8H2,2-4H3. The predicted molar refractivity (Wildman–Crippen MR) is 77.5 cm³/mol. The molecule has 0 bridgehead atoms. The monoisotopic (exact) mass is 297 g/mol. The molecule has 0 aliphatic heterocycles. The highest BCUT2D eigenvalue weighted by Crippen LogP contribution is 2.29. The molecule has 1 unspecified atom stereocenters. The quantitative estimate of drug-likeness (QED) is 0.833. The van der Waals surface area contributed by atoms with E-state index in [2.05, 4.69) is 41.3 Å². The van der Waals surface area contributed by atoms with Gasteiger partial charge >= 0.3 is 0 Å². The van der Waals surface area contributed by atoms with E-state index in [4.69, 9.17) is 0 Å². The molecule has 1 N–H and O–H groups in total. The highest BCUT2D eigenvalue weighted by atomic mass is 79.9. The van der Waals surface area contributed by atoms with E-state index in [0.717, 1.165) is 22.3 Å². The molecule has 0 saturated heterocycles. The van der Waals surface area contributed by atoms with Gasteiger partial charge in [-0.1, -0.05) is 28.1 Å². The first-order valence-electron chi connectivity index (χ1n) is 5.82. The van der Waals surface area contributed by atoms with Crippen LogP contribution >= 0.6 is 15.9 Å². The molecule has 0 aromatic heterocycles. The summed E-state index contributed by atoms with van der Waals surface area (Å²) < 4.78 is 0.944. The van der Waals surface area contributed by atoms with E-state index in [1.165, 1.54) is 0 Å². The molecular formula is C14H20BrNO. The topological polar surface area (TPSA) is 23.5 Å². The zero-order valence-corrected chi connectivity index (χ0v) is 12.2. The first-order chi connectivity index (χ1) is 7.97. The summed E-state index contributed by atoms with van der Waals surface area (Å²) in [5, 5.41) is 9.59. The van der Waals surface area contributed by atoms with Gasteiger partial charge < -0.3 is 10.0 Å². The van der Waals surface area contributed by atoms with Crippen molar-refractivity contribution in [3.8, 4) is 0 Å². The number of halogens is 1. The van der Waals surface area contributed by atoms with E-state index >= 15 is 0 Å². The van der Waals surface area contributed by atoms with Gasteiger partial charge in [0.05, 0.1) is 6.10 Å². The molecule has 1 aromatic carbocycles. The van der Waals surface area contributed by atoms with E-state index < -0.39 is 6.10 Å². The third-order valence-electron chi connectivity index (χ3n) is 2.71. The molecule has 17 heavy (non-hydrogen) atoms. The van der Waals surface area contributed by atoms with Crippen LogP contribution in [0.5, 0.6) is 0 Å². The average molecular weight is 298 g/mol. The van der Waals surface area contributed by atoms with Gasteiger partial charge in [-0.2, -0.15) is 0 Å². The minimum Gasteiger partial charge on any atom is -0.389 e. The van der Waals surface area contributed by atoms with Crippen LogP contribution in [-0.4, -0.2) is 17.7 Å². The molecule has 1 aromatic rings. The molecule has 0 saturated carbocycles. The molecule has 0 radical (unpaired) electrons. The number of aliphatic hydroxyl groups is 1. The van der Waals surface area contributed by atoms with Gasteiger partial charge in [0, 0.05) is 22.7 Å². The Balaban J connectivity index is 3.06. The van der Waals surface area contributed by atoms with Crippen molar-refractivity contribution in [3.63, 3.8) is 0 Å². The van der Waals surface area contributed by atoms with Gasteiger partial charge in [-0.15, -0.1) is 6.58 Å². The Labute approximate surface area is 112 Å². The molecule has 0 aliphatic rings. The summed E-state index contributed by atoms with van der Waals surface area (Å²) in [6.45, 7) is 10.7. The van der Waals surface area contributed by atoms with Gasteiger partial charge in [-0.05, 0) is 38.5 Å². The SMILES string of the molecule is C=CCN(c1ccc(C(C)O)c(Br)c1)C(C)C. The summed E-state index contributed by atoms with van der Waals surface area (Å²) in [4.78, 5) is 2.25. The maximum Gasteiger partial charge on any atom is 0.0772 e. The van der Waals surface area contributed by atoms with Crippen LogP contribution in [0.4, 0.5) is 5.69 Å². The Morgan fingerprint density at radius 1 is 1.41 bits per heavy atom. The molecule has 2 nitrogen and oxygen atoms in total. The molecule has 0 amide bonds. The third-order valence-corrected chi connectivity index (χ3v) is 3.40. The van der Waals surface area contributed by atoms with Gasteiger partial charge in [0.25, 0.3) is 0 Å². The number of nitrogens with zero attached hydrogens (tertiary/aromatic N) is 1. The van der Waals surface area contributed by atoms with Crippen molar-refractivity contribution in [1.82, 2.24) is 0 Å². The van der Waals surface area contributed by atoms with Crippen molar-refractivity contribution < 1.29 is 5.11 Å². The molecule has 0 fully saturated rings. The van der Waals surface area contributed by atoms with Crippen molar-refractivity contribution >= 4 is 21.6 Å². The number of aliphatic hydroxyl groups excluding tert-OH is 1. The largest absolute Gasteiger partial charge is 0.389 e. The van der Waals surface area contributed by atoms with Gasteiger partial charge in [0.2, 0.25) is 0 Å². The zero-order valence-electron chi connectivity index (χ0n) is 10.7. The first kappa shape index (κ1) is 14.3. The minimum atomic E-state index is -0.453. The molecule has 1 atom stereocenters. The molecule has 0 heterocycles. The molecular weight excluding hydrogens is 278 g/mol. The van der Waals surface area contributed by atoms with Gasteiger partial charge in [0.1, 0.15) is 0 Å².